The van der Waals surface area contributed by atoms with Crippen LogP contribution in [0.4, 0.5) is 0 Å². The molecule has 0 aromatic carbocycles. The fourth-order valence-electron chi connectivity index (χ4n) is 3.89. The van der Waals surface area contributed by atoms with Gasteiger partial charge in [-0.3, -0.25) is 0 Å². The summed E-state index contributed by atoms with van der Waals surface area (Å²) in [5.74, 6) is 0.545. The van der Waals surface area contributed by atoms with Crippen LogP contribution in [0.5, 0.6) is 0 Å². The summed E-state index contributed by atoms with van der Waals surface area (Å²) in [5, 5.41) is 0. The Kier molecular flexibility index (Phi) is 19.8. The maximum atomic E-state index is 6.47. The molecule has 4 nitrogen and oxygen atoms in total. The second-order valence-corrected chi connectivity index (χ2v) is 11.8. The van der Waals surface area contributed by atoms with Crippen LogP contribution in [0.25, 0.3) is 0 Å². The van der Waals surface area contributed by atoms with Crippen molar-refractivity contribution in [3.63, 3.8) is 0 Å². The summed E-state index contributed by atoms with van der Waals surface area (Å²) in [6.07, 6.45) is 17.2. The highest BCUT2D eigenvalue weighted by Crippen LogP contribution is 2.28. The largest absolute Gasteiger partial charge is 1.00 e. The molecule has 0 spiro atoms. The van der Waals surface area contributed by atoms with E-state index < -0.39 is 8.80 Å². The van der Waals surface area contributed by atoms with Crippen LogP contribution < -0.4 is 18.1 Å². The maximum absolute atomic E-state index is 6.47. The fourth-order valence-corrected chi connectivity index (χ4v) is 5.64. The fraction of sp³-hybridized carbons (Fsp3) is 1.00. The summed E-state index contributed by atoms with van der Waals surface area (Å²) in [7, 11) is 2.61. The first-order chi connectivity index (χ1) is 12.8. The normalized spacial score (nSPS) is 13.4. The van der Waals surface area contributed by atoms with Gasteiger partial charge in [0, 0.05) is 32.9 Å². The minimum Gasteiger partial charge on any atom is -1.00 e. The molecule has 0 aromatic heterocycles. The van der Waals surface area contributed by atoms with Gasteiger partial charge in [-0.25, -0.2) is 0 Å². The second kappa shape index (κ2) is 18.1. The van der Waals surface area contributed by atoms with Gasteiger partial charge >= 0.3 is 8.80 Å². The van der Waals surface area contributed by atoms with Gasteiger partial charge in [-0.1, -0.05) is 71.1 Å². The van der Waals surface area contributed by atoms with Crippen molar-refractivity contribution in [2.24, 2.45) is 11.7 Å². The van der Waals surface area contributed by atoms with E-state index >= 15 is 0 Å². The molecule has 6 heteroatoms. The molecule has 0 saturated carbocycles. The molecular formula is C22H49ClNO3Si-. The van der Waals surface area contributed by atoms with Crippen molar-refractivity contribution in [3.8, 4) is 0 Å². The SMILES string of the molecule is CCCCCCCCCCCCC(CCC[Si](OC)(OC)OC)C(C)(C)N.[Cl-]. The predicted molar refractivity (Wildman–Crippen MR) is 119 cm³/mol. The lowest BCUT2D eigenvalue weighted by molar-refractivity contribution is -0.0000111. The van der Waals surface area contributed by atoms with Gasteiger partial charge in [0.2, 0.25) is 0 Å². The minimum atomic E-state index is -2.45. The van der Waals surface area contributed by atoms with Gasteiger partial charge in [0.1, 0.15) is 0 Å². The van der Waals surface area contributed by atoms with Gasteiger partial charge in [0.05, 0.1) is 0 Å². The second-order valence-electron chi connectivity index (χ2n) is 8.68. The van der Waals surface area contributed by atoms with Gasteiger partial charge in [-0.2, -0.15) is 0 Å². The van der Waals surface area contributed by atoms with Crippen LogP contribution in [-0.4, -0.2) is 35.7 Å². The summed E-state index contributed by atoms with van der Waals surface area (Å²) in [5.41, 5.74) is 6.34. The first kappa shape index (κ1) is 30.5. The molecule has 0 amide bonds. The molecule has 1 atom stereocenters. The van der Waals surface area contributed by atoms with Crippen molar-refractivity contribution in [1.82, 2.24) is 0 Å². The average Bonchev–Trinajstić information content (AvgIpc) is 2.64. The molecule has 172 valence electrons. The van der Waals surface area contributed by atoms with Crippen LogP contribution in [-0.2, 0) is 13.3 Å². The van der Waals surface area contributed by atoms with Crippen LogP contribution >= 0.6 is 0 Å². The lowest BCUT2D eigenvalue weighted by atomic mass is 9.81. The van der Waals surface area contributed by atoms with Gasteiger partial charge in [-0.15, -0.1) is 0 Å². The molecule has 0 aromatic rings. The lowest BCUT2D eigenvalue weighted by Gasteiger charge is -2.32. The van der Waals surface area contributed by atoms with Crippen molar-refractivity contribution < 1.29 is 25.7 Å². The van der Waals surface area contributed by atoms with E-state index in [2.05, 4.69) is 20.8 Å². The van der Waals surface area contributed by atoms with Gasteiger partial charge in [0.25, 0.3) is 0 Å². The molecule has 0 bridgehead atoms. The molecule has 0 rings (SSSR count). The van der Waals surface area contributed by atoms with Crippen molar-refractivity contribution >= 4 is 8.80 Å². The third kappa shape index (κ3) is 14.3. The molecule has 1 unspecified atom stereocenters. The third-order valence-corrected chi connectivity index (χ3v) is 8.76. The van der Waals surface area contributed by atoms with E-state index in [1.54, 1.807) is 21.3 Å². The summed E-state index contributed by atoms with van der Waals surface area (Å²) >= 11 is 0. The summed E-state index contributed by atoms with van der Waals surface area (Å²) in [6, 6.07) is 0.862. The first-order valence-electron chi connectivity index (χ1n) is 11.3. The molecule has 0 fully saturated rings. The zero-order valence-corrected chi connectivity index (χ0v) is 21.4. The molecule has 0 radical (unpaired) electrons. The standard InChI is InChI=1S/C22H49NO3Si.ClH/c1-7-8-9-10-11-12-13-14-15-16-18-21(22(2,3)23)19-17-20-27(24-4,25-5)26-6;/h21H,7-20,23H2,1-6H3;1H/p-1. The maximum Gasteiger partial charge on any atom is 0.500 e. The summed E-state index contributed by atoms with van der Waals surface area (Å²) in [6.45, 7) is 6.62. The lowest BCUT2D eigenvalue weighted by Crippen LogP contribution is -3.00. The molecular weight excluding hydrogens is 390 g/mol. The Morgan fingerprint density at radius 2 is 1.11 bits per heavy atom. The monoisotopic (exact) mass is 438 g/mol. The topological polar surface area (TPSA) is 53.7 Å². The van der Waals surface area contributed by atoms with E-state index in [9.17, 15) is 0 Å². The Labute approximate surface area is 183 Å². The molecule has 28 heavy (non-hydrogen) atoms. The van der Waals surface area contributed by atoms with Crippen LogP contribution in [0.15, 0.2) is 0 Å². The molecule has 0 aliphatic rings. The van der Waals surface area contributed by atoms with Crippen LogP contribution in [0.3, 0.4) is 0 Å². The third-order valence-electron chi connectivity index (χ3n) is 5.93. The molecule has 2 N–H and O–H groups in total. The van der Waals surface area contributed by atoms with Crippen molar-refractivity contribution in [1.29, 1.82) is 0 Å². The number of unbranched alkanes of at least 4 members (excludes halogenated alkanes) is 9. The number of halogens is 1. The average molecular weight is 439 g/mol. The zero-order chi connectivity index (χ0) is 20.6. The van der Waals surface area contributed by atoms with Crippen LogP contribution in [0.1, 0.15) is 104 Å². The van der Waals surface area contributed by atoms with E-state index in [1.807, 2.05) is 0 Å². The van der Waals surface area contributed by atoms with Gasteiger partial charge in [-0.05, 0) is 39.0 Å². The Bertz CT molecular complexity index is 328. The summed E-state index contributed by atoms with van der Waals surface area (Å²) < 4.78 is 16.6. The quantitative estimate of drug-likeness (QED) is 0.248. The van der Waals surface area contributed by atoms with Crippen LogP contribution in [0.2, 0.25) is 6.04 Å². The number of nitrogens with two attached hydrogens (primary N) is 1. The van der Waals surface area contributed by atoms with Gasteiger partial charge in [0.15, 0.2) is 0 Å². The van der Waals surface area contributed by atoms with E-state index in [4.69, 9.17) is 19.0 Å². The van der Waals surface area contributed by atoms with E-state index in [-0.39, 0.29) is 17.9 Å². The summed E-state index contributed by atoms with van der Waals surface area (Å²) in [4.78, 5) is 0. The number of hydrogen-bond donors (Lipinski definition) is 1. The Morgan fingerprint density at radius 1 is 0.714 bits per heavy atom. The highest BCUT2D eigenvalue weighted by atomic mass is 35.5. The van der Waals surface area contributed by atoms with E-state index in [0.717, 1.165) is 18.9 Å². The molecule has 0 saturated heterocycles. The number of rotatable bonds is 19. The van der Waals surface area contributed by atoms with Gasteiger partial charge < -0.3 is 31.4 Å². The Morgan fingerprint density at radius 3 is 1.50 bits per heavy atom. The Balaban J connectivity index is 0. The first-order valence-corrected chi connectivity index (χ1v) is 13.2. The van der Waals surface area contributed by atoms with E-state index in [0.29, 0.717) is 5.92 Å². The molecule has 0 aliphatic carbocycles. The predicted octanol–water partition coefficient (Wildman–Crippen LogP) is 3.31. The Hall–Kier alpha value is 0.347. The van der Waals surface area contributed by atoms with Crippen LogP contribution in [0, 0.1) is 5.92 Å². The number of hydrogen-bond acceptors (Lipinski definition) is 4. The molecule has 0 aliphatic heterocycles. The smallest absolute Gasteiger partial charge is 0.500 e. The van der Waals surface area contributed by atoms with E-state index in [1.165, 1.54) is 70.6 Å². The zero-order valence-electron chi connectivity index (χ0n) is 19.7. The highest BCUT2D eigenvalue weighted by Gasteiger charge is 2.37. The van der Waals surface area contributed by atoms with Crippen molar-refractivity contribution in [2.75, 3.05) is 21.3 Å². The minimum absolute atomic E-state index is 0. The molecule has 0 heterocycles. The van der Waals surface area contributed by atoms with Crippen molar-refractivity contribution in [2.45, 2.75) is 116 Å². The van der Waals surface area contributed by atoms with Crippen molar-refractivity contribution in [3.05, 3.63) is 0 Å². The highest BCUT2D eigenvalue weighted by molar-refractivity contribution is 6.60.